The van der Waals surface area contributed by atoms with E-state index in [9.17, 15) is 0 Å². The summed E-state index contributed by atoms with van der Waals surface area (Å²) in [4.78, 5) is 5.03. The van der Waals surface area contributed by atoms with Crippen molar-refractivity contribution in [3.63, 3.8) is 0 Å². The number of para-hydroxylation sites is 3. The topological polar surface area (TPSA) is 6.48 Å². The molecule has 2 bridgehead atoms. The fourth-order valence-electron chi connectivity index (χ4n) is 11.6. The number of anilines is 6. The van der Waals surface area contributed by atoms with E-state index in [1.807, 2.05) is 0 Å². The van der Waals surface area contributed by atoms with Crippen molar-refractivity contribution >= 4 is 57.2 Å². The quantitative estimate of drug-likeness (QED) is 0.176. The predicted octanol–water partition coefficient (Wildman–Crippen LogP) is 9.88. The third-order valence-corrected chi connectivity index (χ3v) is 14.2. The van der Waals surface area contributed by atoms with Gasteiger partial charge in [0.25, 0.3) is 6.71 Å². The van der Waals surface area contributed by atoms with Gasteiger partial charge >= 0.3 is 0 Å². The average Bonchev–Trinajstić information content (AvgIpc) is 3.62. The van der Waals surface area contributed by atoms with Gasteiger partial charge in [0.2, 0.25) is 0 Å². The predicted molar refractivity (Wildman–Crippen MR) is 206 cm³/mol. The molecule has 6 aromatic rings. The van der Waals surface area contributed by atoms with E-state index >= 15 is 0 Å². The van der Waals surface area contributed by atoms with Crippen LogP contribution in [0.2, 0.25) is 0 Å². The highest BCUT2D eigenvalue weighted by Gasteiger charge is 2.71. The van der Waals surface area contributed by atoms with Gasteiger partial charge in [0.1, 0.15) is 0 Å². The minimum absolute atomic E-state index is 0.0700. The van der Waals surface area contributed by atoms with Crippen LogP contribution in [0.3, 0.4) is 0 Å². The monoisotopic (exact) mass is 630 g/mol. The summed E-state index contributed by atoms with van der Waals surface area (Å²) in [5, 5.41) is 0. The van der Waals surface area contributed by atoms with Crippen LogP contribution >= 0.6 is 0 Å². The highest BCUT2D eigenvalue weighted by atomic mass is 15.2. The zero-order valence-electron chi connectivity index (χ0n) is 28.4. The number of hydrogen-bond acceptors (Lipinski definition) is 2. The summed E-state index contributed by atoms with van der Waals surface area (Å²) < 4.78 is 0. The number of rotatable bonds is 2. The fraction of sp³-hybridized carbons (Fsp3) is 0.217. The molecule has 11 rings (SSSR count). The van der Waals surface area contributed by atoms with Gasteiger partial charge in [0, 0.05) is 39.5 Å². The van der Waals surface area contributed by atoms with E-state index in [0.29, 0.717) is 5.41 Å². The molecule has 0 N–H and O–H groups in total. The fourth-order valence-corrected chi connectivity index (χ4v) is 11.6. The van der Waals surface area contributed by atoms with Gasteiger partial charge in [-0.25, -0.2) is 0 Å². The smallest absolute Gasteiger partial charge is 0.252 e. The van der Waals surface area contributed by atoms with Crippen LogP contribution in [-0.2, 0) is 5.41 Å². The molecule has 3 atom stereocenters. The van der Waals surface area contributed by atoms with Crippen molar-refractivity contribution in [1.82, 2.24) is 0 Å². The largest absolute Gasteiger partial charge is 0.311 e. The molecule has 0 radical (unpaired) electrons. The van der Waals surface area contributed by atoms with Gasteiger partial charge in [-0.1, -0.05) is 112 Å². The Hall–Kier alpha value is -5.02. The molecule has 5 aliphatic rings. The first kappa shape index (κ1) is 27.9. The Bertz CT molecular complexity index is 2360. The summed E-state index contributed by atoms with van der Waals surface area (Å²) >= 11 is 0. The van der Waals surface area contributed by atoms with Crippen molar-refractivity contribution in [3.05, 3.63) is 151 Å². The number of fused-ring (bicyclic) bond motifs is 12. The first-order valence-electron chi connectivity index (χ1n) is 18.1. The zero-order valence-corrected chi connectivity index (χ0v) is 28.4. The second kappa shape index (κ2) is 9.36. The van der Waals surface area contributed by atoms with E-state index in [4.69, 9.17) is 0 Å². The zero-order chi connectivity index (χ0) is 32.7. The lowest BCUT2D eigenvalue weighted by molar-refractivity contribution is 0.0990. The molecule has 2 saturated carbocycles. The first-order chi connectivity index (χ1) is 23.9. The van der Waals surface area contributed by atoms with E-state index in [1.54, 1.807) is 11.1 Å². The summed E-state index contributed by atoms with van der Waals surface area (Å²) in [6.07, 6.45) is 3.92. The standard InChI is InChI=1S/C46H39BN2/c1-44(2)30-26-27-45(44,3)46(29-30)35-17-8-7-16-33(35)34-28-32(24-25-36(34)46)49-40-21-12-10-19-38(40)47-37-18-9-11-20-39(37)48(31-14-5-4-6-15-31)41-22-13-23-42(49)43(41)47/h4-25,28,30H,26-27,29H2,1-3H3. The van der Waals surface area contributed by atoms with Crippen LogP contribution in [0.4, 0.5) is 34.1 Å². The van der Waals surface area contributed by atoms with E-state index in [1.165, 1.54) is 80.9 Å². The van der Waals surface area contributed by atoms with Gasteiger partial charge in [0.05, 0.1) is 0 Å². The maximum atomic E-state index is 2.62. The molecule has 2 aliphatic heterocycles. The Morgan fingerprint density at radius 3 is 1.82 bits per heavy atom. The number of hydrogen-bond donors (Lipinski definition) is 0. The molecule has 3 unspecified atom stereocenters. The first-order valence-corrected chi connectivity index (χ1v) is 18.1. The Morgan fingerprint density at radius 2 is 1.14 bits per heavy atom. The molecule has 236 valence electrons. The molecule has 1 spiro atoms. The molecule has 0 amide bonds. The van der Waals surface area contributed by atoms with Crippen molar-refractivity contribution in [1.29, 1.82) is 0 Å². The third-order valence-electron chi connectivity index (χ3n) is 14.2. The van der Waals surface area contributed by atoms with Crippen LogP contribution in [0.5, 0.6) is 0 Å². The molecule has 0 aromatic heterocycles. The van der Waals surface area contributed by atoms with E-state index in [0.717, 1.165) is 5.92 Å². The maximum absolute atomic E-state index is 2.62. The Labute approximate surface area is 290 Å². The van der Waals surface area contributed by atoms with E-state index in [2.05, 4.69) is 170 Å². The minimum Gasteiger partial charge on any atom is -0.311 e. The molecular formula is C46H39BN2. The van der Waals surface area contributed by atoms with Crippen molar-refractivity contribution in [3.8, 4) is 11.1 Å². The Balaban J connectivity index is 1.15. The number of nitrogens with zero attached hydrogens (tertiary/aromatic N) is 2. The molecular weight excluding hydrogens is 591 g/mol. The van der Waals surface area contributed by atoms with Crippen LogP contribution in [0.15, 0.2) is 140 Å². The summed E-state index contributed by atoms with van der Waals surface area (Å²) in [5.74, 6) is 0.758. The molecule has 2 fully saturated rings. The third kappa shape index (κ3) is 3.21. The Morgan fingerprint density at radius 1 is 0.551 bits per heavy atom. The van der Waals surface area contributed by atoms with Gasteiger partial charge in [0.15, 0.2) is 0 Å². The van der Waals surface area contributed by atoms with Crippen molar-refractivity contribution in [2.24, 2.45) is 16.7 Å². The van der Waals surface area contributed by atoms with Gasteiger partial charge in [-0.15, -0.1) is 0 Å². The van der Waals surface area contributed by atoms with Crippen molar-refractivity contribution < 1.29 is 0 Å². The summed E-state index contributed by atoms with van der Waals surface area (Å²) in [5.41, 5.74) is 18.2. The molecule has 0 saturated heterocycles. The summed E-state index contributed by atoms with van der Waals surface area (Å²) in [6, 6.07) is 52.8. The van der Waals surface area contributed by atoms with Crippen LogP contribution in [0.25, 0.3) is 11.1 Å². The van der Waals surface area contributed by atoms with Gasteiger partial charge in [-0.2, -0.15) is 0 Å². The SMILES string of the molecule is CC1(C)C2CCC1(C)C1(C2)c2ccccc2-c2cc(N3c4ccccc4B4c5ccccc5N(c5ccccc5)c5cccc3c54)ccc21. The molecule has 3 aliphatic carbocycles. The molecule has 2 nitrogen and oxygen atoms in total. The molecule has 6 aromatic carbocycles. The van der Waals surface area contributed by atoms with Crippen molar-refractivity contribution in [2.45, 2.75) is 45.4 Å². The van der Waals surface area contributed by atoms with Crippen LogP contribution < -0.4 is 26.2 Å². The summed E-state index contributed by atoms with van der Waals surface area (Å²) in [7, 11) is 0. The van der Waals surface area contributed by atoms with Crippen molar-refractivity contribution in [2.75, 3.05) is 9.80 Å². The lowest BCUT2D eigenvalue weighted by atomic mass is 9.33. The van der Waals surface area contributed by atoms with E-state index < -0.39 is 0 Å². The van der Waals surface area contributed by atoms with E-state index in [-0.39, 0.29) is 17.5 Å². The molecule has 2 heterocycles. The second-order valence-corrected chi connectivity index (χ2v) is 15.9. The highest BCUT2D eigenvalue weighted by molar-refractivity contribution is 7.00. The normalized spacial score (nSPS) is 24.4. The number of benzene rings is 6. The van der Waals surface area contributed by atoms with Gasteiger partial charge in [-0.3, -0.25) is 0 Å². The molecule has 3 heteroatoms. The minimum atomic E-state index is 0.0700. The molecule has 49 heavy (non-hydrogen) atoms. The van der Waals surface area contributed by atoms with Crippen LogP contribution in [0.1, 0.15) is 51.2 Å². The Kier molecular flexibility index (Phi) is 5.33. The summed E-state index contributed by atoms with van der Waals surface area (Å²) in [6.45, 7) is 7.90. The average molecular weight is 631 g/mol. The second-order valence-electron chi connectivity index (χ2n) is 15.9. The lowest BCUT2D eigenvalue weighted by Crippen LogP contribution is -2.61. The van der Waals surface area contributed by atoms with Gasteiger partial charge < -0.3 is 9.80 Å². The van der Waals surface area contributed by atoms with Gasteiger partial charge in [-0.05, 0) is 123 Å². The highest BCUT2D eigenvalue weighted by Crippen LogP contribution is 2.78. The lowest BCUT2D eigenvalue weighted by Gasteiger charge is -2.48. The maximum Gasteiger partial charge on any atom is 0.252 e. The van der Waals surface area contributed by atoms with Crippen LogP contribution in [-0.4, -0.2) is 6.71 Å². The van der Waals surface area contributed by atoms with Crippen LogP contribution in [0, 0.1) is 16.7 Å².